The molecule has 2 N–H and O–H groups in total. The first-order valence-corrected chi connectivity index (χ1v) is 3.69. The molecule has 0 aliphatic carbocycles. The average Bonchev–Trinajstić information content (AvgIpc) is 2.34. The molecule has 1 atom stereocenters. The van der Waals surface area contributed by atoms with Crippen LogP contribution in [0, 0.1) is 5.92 Å². The number of nitrogens with two attached hydrogens (primary N) is 1. The molecule has 1 saturated heterocycles. The first-order valence-electron chi connectivity index (χ1n) is 3.69. The highest BCUT2D eigenvalue weighted by Crippen LogP contribution is 2.13. The molecule has 0 saturated carbocycles. The Morgan fingerprint density at radius 3 is 2.64 bits per heavy atom. The van der Waals surface area contributed by atoms with Gasteiger partial charge in [-0.25, -0.2) is 0 Å². The van der Waals surface area contributed by atoms with Crippen LogP contribution in [0.25, 0.3) is 0 Å². The first kappa shape index (κ1) is 10.7. The van der Waals surface area contributed by atoms with Gasteiger partial charge in [-0.1, -0.05) is 0 Å². The molecule has 1 aliphatic heterocycles. The lowest BCUT2D eigenvalue weighted by atomic mass is 10.1. The highest BCUT2D eigenvalue weighted by molar-refractivity contribution is 5.85. The SMILES string of the molecule is CC(=O)N1CCC(CN)C1.Cl. The number of carbonyl (C=O) groups is 1. The molecule has 1 rings (SSSR count). The fourth-order valence-corrected chi connectivity index (χ4v) is 1.31. The normalized spacial score (nSPS) is 23.1. The second-order valence-corrected chi connectivity index (χ2v) is 2.86. The molecular formula is C7H15ClN2O. The third-order valence-electron chi connectivity index (χ3n) is 2.06. The van der Waals surface area contributed by atoms with Crippen LogP contribution in [0.3, 0.4) is 0 Å². The summed E-state index contributed by atoms with van der Waals surface area (Å²) in [6.07, 6.45) is 1.08. The number of rotatable bonds is 1. The molecule has 0 radical (unpaired) electrons. The summed E-state index contributed by atoms with van der Waals surface area (Å²) in [6.45, 7) is 4.09. The van der Waals surface area contributed by atoms with Gasteiger partial charge >= 0.3 is 0 Å². The molecule has 0 bridgehead atoms. The minimum atomic E-state index is 0. The zero-order valence-electron chi connectivity index (χ0n) is 6.75. The molecule has 0 aromatic heterocycles. The van der Waals surface area contributed by atoms with Crippen molar-refractivity contribution in [2.45, 2.75) is 13.3 Å². The van der Waals surface area contributed by atoms with Crippen LogP contribution in [0.1, 0.15) is 13.3 Å². The van der Waals surface area contributed by atoms with Crippen LogP contribution in [0.15, 0.2) is 0 Å². The largest absolute Gasteiger partial charge is 0.343 e. The van der Waals surface area contributed by atoms with Gasteiger partial charge in [0.25, 0.3) is 0 Å². The zero-order chi connectivity index (χ0) is 7.56. The molecule has 4 heteroatoms. The molecule has 0 spiro atoms. The van der Waals surface area contributed by atoms with Crippen molar-refractivity contribution in [2.24, 2.45) is 11.7 Å². The Kier molecular flexibility index (Phi) is 4.45. The summed E-state index contributed by atoms with van der Waals surface area (Å²) in [5, 5.41) is 0. The molecule has 66 valence electrons. The smallest absolute Gasteiger partial charge is 0.219 e. The Morgan fingerprint density at radius 2 is 2.36 bits per heavy atom. The van der Waals surface area contributed by atoms with Gasteiger partial charge in [0, 0.05) is 20.0 Å². The van der Waals surface area contributed by atoms with E-state index in [1.165, 1.54) is 0 Å². The van der Waals surface area contributed by atoms with Gasteiger partial charge in [0.1, 0.15) is 0 Å². The molecule has 1 unspecified atom stereocenters. The number of halogens is 1. The third-order valence-corrected chi connectivity index (χ3v) is 2.06. The fourth-order valence-electron chi connectivity index (χ4n) is 1.31. The van der Waals surface area contributed by atoms with E-state index in [9.17, 15) is 4.79 Å². The molecule has 1 aliphatic rings. The van der Waals surface area contributed by atoms with Gasteiger partial charge in [0.15, 0.2) is 0 Å². The highest BCUT2D eigenvalue weighted by atomic mass is 35.5. The van der Waals surface area contributed by atoms with Gasteiger partial charge in [-0.05, 0) is 18.9 Å². The summed E-state index contributed by atoms with van der Waals surface area (Å²) < 4.78 is 0. The van der Waals surface area contributed by atoms with Crippen molar-refractivity contribution in [1.82, 2.24) is 4.90 Å². The van der Waals surface area contributed by atoms with E-state index >= 15 is 0 Å². The number of amides is 1. The Morgan fingerprint density at radius 1 is 1.73 bits per heavy atom. The monoisotopic (exact) mass is 178 g/mol. The van der Waals surface area contributed by atoms with E-state index in [0.29, 0.717) is 12.5 Å². The Balaban J connectivity index is 0.000001000. The van der Waals surface area contributed by atoms with E-state index < -0.39 is 0 Å². The van der Waals surface area contributed by atoms with Gasteiger partial charge in [0.2, 0.25) is 5.91 Å². The molecule has 3 nitrogen and oxygen atoms in total. The highest BCUT2D eigenvalue weighted by Gasteiger charge is 2.22. The van der Waals surface area contributed by atoms with Crippen molar-refractivity contribution in [3.8, 4) is 0 Å². The zero-order valence-corrected chi connectivity index (χ0v) is 7.56. The van der Waals surface area contributed by atoms with Crippen molar-refractivity contribution in [3.05, 3.63) is 0 Å². The minimum absolute atomic E-state index is 0. The van der Waals surface area contributed by atoms with E-state index in [1.807, 2.05) is 4.90 Å². The van der Waals surface area contributed by atoms with Crippen LogP contribution in [-0.4, -0.2) is 30.4 Å². The quantitative estimate of drug-likeness (QED) is 0.625. The van der Waals surface area contributed by atoms with Crippen LogP contribution in [0.4, 0.5) is 0 Å². The Hall–Kier alpha value is -0.280. The minimum Gasteiger partial charge on any atom is -0.343 e. The summed E-state index contributed by atoms with van der Waals surface area (Å²) in [6, 6.07) is 0. The lowest BCUT2D eigenvalue weighted by molar-refractivity contribution is -0.127. The standard InChI is InChI=1S/C7H14N2O.ClH/c1-6(10)9-3-2-7(4-8)5-9;/h7H,2-5,8H2,1H3;1H. The second kappa shape index (κ2) is 4.57. The Labute approximate surface area is 73.3 Å². The summed E-state index contributed by atoms with van der Waals surface area (Å²) in [5.74, 6) is 0.722. The number of nitrogens with zero attached hydrogens (tertiary/aromatic N) is 1. The maximum absolute atomic E-state index is 10.8. The molecular weight excluding hydrogens is 164 g/mol. The summed E-state index contributed by atoms with van der Waals surface area (Å²) >= 11 is 0. The van der Waals surface area contributed by atoms with Crippen LogP contribution >= 0.6 is 12.4 Å². The van der Waals surface area contributed by atoms with Crippen molar-refractivity contribution >= 4 is 18.3 Å². The molecule has 0 aromatic rings. The summed E-state index contributed by atoms with van der Waals surface area (Å²) in [7, 11) is 0. The van der Waals surface area contributed by atoms with Crippen molar-refractivity contribution in [1.29, 1.82) is 0 Å². The first-order chi connectivity index (χ1) is 4.74. The van der Waals surface area contributed by atoms with E-state index in [-0.39, 0.29) is 18.3 Å². The maximum atomic E-state index is 10.8. The average molecular weight is 179 g/mol. The van der Waals surface area contributed by atoms with Crippen molar-refractivity contribution < 1.29 is 4.79 Å². The van der Waals surface area contributed by atoms with Crippen LogP contribution in [0.5, 0.6) is 0 Å². The van der Waals surface area contributed by atoms with Crippen LogP contribution in [-0.2, 0) is 4.79 Å². The van der Waals surface area contributed by atoms with Gasteiger partial charge in [-0.3, -0.25) is 4.79 Å². The molecule has 11 heavy (non-hydrogen) atoms. The predicted molar refractivity (Wildman–Crippen MR) is 46.7 cm³/mol. The number of likely N-dealkylation sites (tertiary alicyclic amines) is 1. The second-order valence-electron chi connectivity index (χ2n) is 2.86. The number of carbonyl (C=O) groups excluding carboxylic acids is 1. The molecule has 1 fully saturated rings. The van der Waals surface area contributed by atoms with E-state index in [0.717, 1.165) is 19.5 Å². The van der Waals surface area contributed by atoms with Gasteiger partial charge in [-0.2, -0.15) is 0 Å². The van der Waals surface area contributed by atoms with Gasteiger partial charge in [-0.15, -0.1) is 12.4 Å². The number of hydrogen-bond acceptors (Lipinski definition) is 2. The van der Waals surface area contributed by atoms with Crippen LogP contribution in [0.2, 0.25) is 0 Å². The predicted octanol–water partition coefficient (Wildman–Crippen LogP) is 0.235. The topological polar surface area (TPSA) is 46.3 Å². The van der Waals surface area contributed by atoms with Gasteiger partial charge < -0.3 is 10.6 Å². The third kappa shape index (κ3) is 2.67. The van der Waals surface area contributed by atoms with E-state index in [1.54, 1.807) is 6.92 Å². The molecule has 1 amide bonds. The van der Waals surface area contributed by atoms with Crippen LogP contribution < -0.4 is 5.73 Å². The molecule has 1 heterocycles. The Bertz CT molecular complexity index is 140. The van der Waals surface area contributed by atoms with Crippen molar-refractivity contribution in [3.63, 3.8) is 0 Å². The van der Waals surface area contributed by atoms with Gasteiger partial charge in [0.05, 0.1) is 0 Å². The maximum Gasteiger partial charge on any atom is 0.219 e. The lowest BCUT2D eigenvalue weighted by Crippen LogP contribution is -2.27. The summed E-state index contributed by atoms with van der Waals surface area (Å²) in [5.41, 5.74) is 5.46. The lowest BCUT2D eigenvalue weighted by Gasteiger charge is -2.12. The summed E-state index contributed by atoms with van der Waals surface area (Å²) in [4.78, 5) is 12.7. The number of hydrogen-bond donors (Lipinski definition) is 1. The van der Waals surface area contributed by atoms with E-state index in [4.69, 9.17) is 5.73 Å². The molecule has 0 aromatic carbocycles. The van der Waals surface area contributed by atoms with Crippen molar-refractivity contribution in [2.75, 3.05) is 19.6 Å². The fraction of sp³-hybridized carbons (Fsp3) is 0.857. The van der Waals surface area contributed by atoms with E-state index in [2.05, 4.69) is 0 Å².